The Bertz CT molecular complexity index is 1230. The Balaban J connectivity index is 1.75. The van der Waals surface area contributed by atoms with E-state index in [2.05, 4.69) is 0 Å². The van der Waals surface area contributed by atoms with E-state index in [1.165, 1.54) is 36.0 Å². The van der Waals surface area contributed by atoms with Crippen LogP contribution >= 0.6 is 22.7 Å². The van der Waals surface area contributed by atoms with Crippen LogP contribution in [0.3, 0.4) is 0 Å². The van der Waals surface area contributed by atoms with Crippen LogP contribution in [-0.2, 0) is 12.4 Å². The second kappa shape index (κ2) is 9.80. The van der Waals surface area contributed by atoms with Gasteiger partial charge in [-0.3, -0.25) is 0 Å². The Kier molecular flexibility index (Phi) is 7.00. The van der Waals surface area contributed by atoms with Gasteiger partial charge in [-0.1, -0.05) is 42.1 Å². The maximum absolute atomic E-state index is 13.1. The van der Waals surface area contributed by atoms with Gasteiger partial charge in [0.25, 0.3) is 0 Å². The lowest BCUT2D eigenvalue weighted by Crippen LogP contribution is -2.04. The van der Waals surface area contributed by atoms with Crippen molar-refractivity contribution < 1.29 is 26.3 Å². The summed E-state index contributed by atoms with van der Waals surface area (Å²) in [6.45, 7) is 0. The Morgan fingerprint density at radius 3 is 1.53 bits per heavy atom. The number of hydrogen-bond acceptors (Lipinski definition) is 1. The van der Waals surface area contributed by atoms with Crippen molar-refractivity contribution in [2.24, 2.45) is 0 Å². The van der Waals surface area contributed by atoms with Crippen molar-refractivity contribution in [2.45, 2.75) is 36.8 Å². The molecule has 0 aliphatic rings. The number of halogens is 6. The zero-order valence-electron chi connectivity index (χ0n) is 17.4. The van der Waals surface area contributed by atoms with Crippen LogP contribution < -0.4 is 0 Å². The monoisotopic (exact) mass is 508 g/mol. The summed E-state index contributed by atoms with van der Waals surface area (Å²) in [5.74, 6) is 0. The molecule has 0 fully saturated rings. The number of alkyl halides is 6. The van der Waals surface area contributed by atoms with E-state index < -0.39 is 34.4 Å². The molecule has 0 bridgehead atoms. The molecule has 0 saturated carbocycles. The predicted molar refractivity (Wildman–Crippen MR) is 124 cm³/mol. The van der Waals surface area contributed by atoms with Gasteiger partial charge in [0.15, 0.2) is 0 Å². The summed E-state index contributed by atoms with van der Waals surface area (Å²) in [6.07, 6.45) is -8.84. The minimum Gasteiger partial charge on any atom is -0.172 e. The Hall–Kier alpha value is -2.84. The molecule has 8 heteroatoms. The van der Waals surface area contributed by atoms with Crippen LogP contribution in [0.2, 0.25) is 0 Å². The Labute approximate surface area is 200 Å². The highest BCUT2D eigenvalue weighted by Crippen LogP contribution is 2.55. The van der Waals surface area contributed by atoms with Crippen LogP contribution in [-0.4, -0.2) is 0 Å². The number of benzene rings is 4. The molecule has 0 radical (unpaired) electrons. The lowest BCUT2D eigenvalue weighted by atomic mass is 10.2. The standard InChI is InChI=1S/C26H18F6S2/c27-25(28,29)18-10-14-20(15-11-18)33-23-8-4-5-9-24(23)34(21-6-2-1-3-7-21)22-16-12-19(13-17-22)26(30,31)32/h1-17,34H. The molecule has 176 valence electrons. The van der Waals surface area contributed by atoms with Crippen molar-refractivity contribution in [2.75, 3.05) is 0 Å². The van der Waals surface area contributed by atoms with Crippen LogP contribution in [0, 0.1) is 0 Å². The van der Waals surface area contributed by atoms with E-state index in [0.29, 0.717) is 4.90 Å². The summed E-state index contributed by atoms with van der Waals surface area (Å²) in [5, 5.41) is 0. The first-order valence-corrected chi connectivity index (χ1v) is 12.3. The molecule has 34 heavy (non-hydrogen) atoms. The van der Waals surface area contributed by atoms with Gasteiger partial charge in [-0.25, -0.2) is 0 Å². The van der Waals surface area contributed by atoms with Gasteiger partial charge in [-0.15, -0.1) is 0 Å². The molecule has 1 unspecified atom stereocenters. The van der Waals surface area contributed by atoms with Gasteiger partial charge in [-0.2, -0.15) is 37.2 Å². The van der Waals surface area contributed by atoms with Gasteiger partial charge in [0.2, 0.25) is 0 Å². The number of rotatable bonds is 5. The third kappa shape index (κ3) is 5.62. The minimum atomic E-state index is -4.43. The fraction of sp³-hybridized carbons (Fsp3) is 0.0769. The maximum Gasteiger partial charge on any atom is 0.416 e. The van der Waals surface area contributed by atoms with Crippen molar-refractivity contribution >= 4 is 22.7 Å². The number of hydrogen-bond donors (Lipinski definition) is 1. The molecule has 0 saturated heterocycles. The summed E-state index contributed by atoms with van der Waals surface area (Å²) < 4.78 is 78.1. The second-order valence-corrected chi connectivity index (χ2v) is 10.6. The van der Waals surface area contributed by atoms with Crippen molar-refractivity contribution in [3.63, 3.8) is 0 Å². The molecule has 4 rings (SSSR count). The second-order valence-electron chi connectivity index (χ2n) is 7.31. The summed E-state index contributed by atoms with van der Waals surface area (Å²) in [4.78, 5) is 4.08. The molecule has 0 spiro atoms. The molecule has 0 amide bonds. The largest absolute Gasteiger partial charge is 0.416 e. The van der Waals surface area contributed by atoms with Crippen LogP contribution in [0.5, 0.6) is 0 Å². The molecule has 1 atom stereocenters. The molecule has 0 aromatic heterocycles. The van der Waals surface area contributed by atoms with E-state index in [-0.39, 0.29) is 0 Å². The van der Waals surface area contributed by atoms with E-state index in [9.17, 15) is 26.3 Å². The lowest BCUT2D eigenvalue weighted by molar-refractivity contribution is -0.138. The van der Waals surface area contributed by atoms with Gasteiger partial charge >= 0.3 is 12.4 Å². The van der Waals surface area contributed by atoms with E-state index in [0.717, 1.165) is 43.8 Å². The van der Waals surface area contributed by atoms with Crippen LogP contribution in [0.25, 0.3) is 0 Å². The smallest absolute Gasteiger partial charge is 0.172 e. The Morgan fingerprint density at radius 2 is 0.971 bits per heavy atom. The van der Waals surface area contributed by atoms with Crippen LogP contribution in [0.15, 0.2) is 128 Å². The summed E-state index contributed by atoms with van der Waals surface area (Å²) in [6, 6.07) is 27.1. The average Bonchev–Trinajstić information content (AvgIpc) is 2.81. The van der Waals surface area contributed by atoms with Gasteiger partial charge < -0.3 is 0 Å². The van der Waals surface area contributed by atoms with Crippen molar-refractivity contribution in [1.82, 2.24) is 0 Å². The molecule has 0 heterocycles. The summed E-state index contributed by atoms with van der Waals surface area (Å²) in [5.41, 5.74) is -1.44. The normalized spacial score (nSPS) is 13.5. The van der Waals surface area contributed by atoms with Crippen molar-refractivity contribution in [3.8, 4) is 0 Å². The molecule has 4 aromatic carbocycles. The highest BCUT2D eigenvalue weighted by molar-refractivity contribution is 8.17. The SMILES string of the molecule is FC(F)(F)c1ccc(Sc2ccccc2[SH](c2ccccc2)c2ccc(C(F)(F)F)cc2)cc1. The first kappa shape index (κ1) is 24.3. The van der Waals surface area contributed by atoms with Gasteiger partial charge in [-0.05, 0) is 82.6 Å². The van der Waals surface area contributed by atoms with Gasteiger partial charge in [0, 0.05) is 14.7 Å². The molecule has 0 nitrogen and oxygen atoms in total. The highest BCUT2D eigenvalue weighted by Gasteiger charge is 2.31. The molecule has 4 aromatic rings. The fourth-order valence-corrected chi connectivity index (χ4v) is 6.93. The van der Waals surface area contributed by atoms with Crippen LogP contribution in [0.1, 0.15) is 11.1 Å². The topological polar surface area (TPSA) is 0 Å². The molecular weight excluding hydrogens is 490 g/mol. The van der Waals surface area contributed by atoms with Crippen molar-refractivity contribution in [3.05, 3.63) is 114 Å². The first-order chi connectivity index (χ1) is 16.1. The lowest BCUT2D eigenvalue weighted by Gasteiger charge is -2.26. The summed E-state index contributed by atoms with van der Waals surface area (Å²) in [7, 11) is -1.20. The molecular formula is C26H18F6S2. The minimum absolute atomic E-state index is 0.635. The molecule has 0 aliphatic heterocycles. The predicted octanol–water partition coefficient (Wildman–Crippen LogP) is 9.35. The first-order valence-electron chi connectivity index (χ1n) is 10.1. The highest BCUT2D eigenvalue weighted by atomic mass is 32.2. The fourth-order valence-electron chi connectivity index (χ4n) is 3.37. The molecule has 0 aliphatic carbocycles. The van der Waals surface area contributed by atoms with E-state index >= 15 is 0 Å². The van der Waals surface area contributed by atoms with E-state index in [1.54, 1.807) is 0 Å². The van der Waals surface area contributed by atoms with Crippen LogP contribution in [0.4, 0.5) is 26.3 Å². The third-order valence-corrected chi connectivity index (χ3v) is 8.72. The zero-order chi connectivity index (χ0) is 24.3. The van der Waals surface area contributed by atoms with Gasteiger partial charge in [0.1, 0.15) is 0 Å². The van der Waals surface area contributed by atoms with E-state index in [1.807, 2.05) is 54.6 Å². The Morgan fingerprint density at radius 1 is 0.500 bits per heavy atom. The van der Waals surface area contributed by atoms with E-state index in [4.69, 9.17) is 0 Å². The quantitative estimate of drug-likeness (QED) is 0.207. The molecule has 0 N–H and O–H groups in total. The maximum atomic E-state index is 13.1. The summed E-state index contributed by atoms with van der Waals surface area (Å²) >= 11 is 1.33. The van der Waals surface area contributed by atoms with Crippen molar-refractivity contribution in [1.29, 1.82) is 0 Å². The van der Waals surface area contributed by atoms with Gasteiger partial charge in [0.05, 0.1) is 11.1 Å². The zero-order valence-corrected chi connectivity index (χ0v) is 19.1. The number of thiol groups is 1. The third-order valence-electron chi connectivity index (χ3n) is 4.98. The average molecular weight is 509 g/mol.